The monoisotopic (exact) mass is 546 g/mol. The fourth-order valence-corrected chi connectivity index (χ4v) is 8.90. The molecule has 1 heterocycles. The molecule has 23 heavy (non-hydrogen) atoms. The quantitative estimate of drug-likeness (QED) is 0.447. The van der Waals surface area contributed by atoms with E-state index in [2.05, 4.69) is 4.98 Å². The van der Waals surface area contributed by atoms with Gasteiger partial charge in [0.2, 0.25) is 0 Å². The van der Waals surface area contributed by atoms with E-state index in [9.17, 15) is 8.42 Å². The zero-order valence-corrected chi connectivity index (χ0v) is 18.7. The molecule has 0 amide bonds. The molecule has 0 saturated carbocycles. The zero-order chi connectivity index (χ0) is 17.8. The van der Waals surface area contributed by atoms with Gasteiger partial charge in [-0.1, -0.05) is 6.07 Å². The predicted octanol–water partition coefficient (Wildman–Crippen LogP) is 4.46. The molecular weight excluding hydrogens is 535 g/mol. The van der Waals surface area contributed by atoms with E-state index >= 15 is 0 Å². The summed E-state index contributed by atoms with van der Waals surface area (Å²) in [6.07, 6.45) is 9.42. The minimum Gasteiger partial charge on any atom is -0.265 e. The van der Waals surface area contributed by atoms with Gasteiger partial charge < -0.3 is 0 Å². The summed E-state index contributed by atoms with van der Waals surface area (Å²) >= 11 is 0. The van der Waals surface area contributed by atoms with Gasteiger partial charge in [-0.25, -0.2) is 0 Å². The molecule has 0 radical (unpaired) electrons. The molecule has 0 saturated heterocycles. The maximum absolute atomic E-state index is 10.9. The van der Waals surface area contributed by atoms with Crippen LogP contribution in [0.5, 0.6) is 0 Å². The van der Waals surface area contributed by atoms with Gasteiger partial charge >= 0.3 is 118 Å². The van der Waals surface area contributed by atoms with Gasteiger partial charge in [-0.05, 0) is 12.1 Å². The minimum absolute atomic E-state index is 0.296. The van der Waals surface area contributed by atoms with Crippen molar-refractivity contribution in [2.24, 2.45) is 5.14 Å². The van der Waals surface area contributed by atoms with Crippen molar-refractivity contribution in [2.75, 3.05) is 5.75 Å². The molecule has 0 spiro atoms. The molecule has 1 aromatic rings. The molecule has 0 unspecified atom stereocenters. The van der Waals surface area contributed by atoms with Crippen LogP contribution in [0.3, 0.4) is 0 Å². The van der Waals surface area contributed by atoms with Gasteiger partial charge in [0.05, 0.1) is 0 Å². The Hall–Kier alpha value is 0.678. The van der Waals surface area contributed by atoms with E-state index in [4.69, 9.17) is 49.3 Å². The Morgan fingerprint density at radius 1 is 1.00 bits per heavy atom. The number of primary sulfonamides is 1. The van der Waals surface area contributed by atoms with Crippen LogP contribution >= 0.6 is 44.1 Å². The molecule has 0 atom stereocenters. The van der Waals surface area contributed by atoms with E-state index in [1.54, 1.807) is 12.4 Å². The predicted molar refractivity (Wildman–Crippen MR) is 103 cm³/mol. The normalized spacial score (nSPS) is 18.6. The van der Waals surface area contributed by atoms with Gasteiger partial charge in [0.1, 0.15) is 0 Å². The minimum atomic E-state index is -5.68. The summed E-state index contributed by atoms with van der Waals surface area (Å²) in [5, 5.41) is 4.90. The van der Waals surface area contributed by atoms with Crippen molar-refractivity contribution in [3.05, 3.63) is 60.8 Å². The number of pyridine rings is 1. The number of allylic oxidation sites excluding steroid dienone is 4. The Labute approximate surface area is 152 Å². The van der Waals surface area contributed by atoms with E-state index < -0.39 is 24.2 Å². The Balaban J connectivity index is 0.000000366. The van der Waals surface area contributed by atoms with Crippen molar-refractivity contribution in [1.82, 2.24) is 4.98 Å². The van der Waals surface area contributed by atoms with Gasteiger partial charge in [0, 0.05) is 12.4 Å². The smallest absolute Gasteiger partial charge is 0.0267 e. The second-order valence-electron chi connectivity index (χ2n) is 4.74. The molecule has 0 bridgehead atoms. The second kappa shape index (κ2) is 7.12. The molecule has 1 aliphatic rings. The van der Waals surface area contributed by atoms with Crippen LogP contribution in [-0.2, 0) is 10.0 Å². The molecule has 1 aliphatic carbocycles. The molecule has 11 heteroatoms. The number of nitrogens with two attached hydrogens (primary N) is 1. The van der Waals surface area contributed by atoms with Crippen molar-refractivity contribution in [3.63, 3.8) is 0 Å². The van der Waals surface area contributed by atoms with E-state index in [1.807, 2.05) is 18.2 Å². The van der Waals surface area contributed by atoms with Crippen LogP contribution < -0.4 is 5.14 Å². The number of aromatic nitrogens is 1. The number of rotatable bonds is 3. The third-order valence-electron chi connectivity index (χ3n) is 2.51. The molecule has 132 valence electrons. The summed E-state index contributed by atoms with van der Waals surface area (Å²) in [7, 11) is 20.3. The van der Waals surface area contributed by atoms with Crippen molar-refractivity contribution >= 4 is 64.5 Å². The van der Waals surface area contributed by atoms with Gasteiger partial charge in [-0.15, -0.1) is 0 Å². The average molecular weight is 549 g/mol. The summed E-state index contributed by atoms with van der Waals surface area (Å²) in [5.41, 5.74) is 0. The molecule has 1 aromatic heterocycles. The zero-order valence-electron chi connectivity index (χ0n) is 11.6. The first-order valence-electron chi connectivity index (χ1n) is 6.08. The van der Waals surface area contributed by atoms with Gasteiger partial charge in [-0.3, -0.25) is 4.98 Å². The van der Waals surface area contributed by atoms with Crippen LogP contribution in [0.1, 0.15) is 0 Å². The van der Waals surface area contributed by atoms with Crippen LogP contribution in [0, 0.1) is 5.92 Å². The Morgan fingerprint density at radius 3 is 1.74 bits per heavy atom. The number of nitrogens with zero attached hydrogens (tertiary/aromatic N) is 1. The SMILES string of the molecule is NS(=O)(=O)C[C-]1C=C[CH]([Sb-]([Cl])([Cl])([Cl])([Cl])[Cl])C=C1.c1ccncc1. The molecule has 4 nitrogen and oxygen atoms in total. The van der Waals surface area contributed by atoms with Crippen molar-refractivity contribution in [2.45, 2.75) is 3.86 Å². The number of sulfonamides is 1. The van der Waals surface area contributed by atoms with Gasteiger partial charge in [0.15, 0.2) is 0 Å². The molecule has 0 fully saturated rings. The van der Waals surface area contributed by atoms with Crippen molar-refractivity contribution in [3.8, 4) is 0 Å². The maximum Gasteiger partial charge on any atom is 0.0267 e. The van der Waals surface area contributed by atoms with Crippen LogP contribution in [0.25, 0.3) is 0 Å². The Bertz CT molecular complexity index is 649. The summed E-state index contributed by atoms with van der Waals surface area (Å²) < 4.78 is 21.0. The Kier molecular flexibility index (Phi) is 6.73. The van der Waals surface area contributed by atoms with Gasteiger partial charge in [0.25, 0.3) is 0 Å². The number of hydrogen-bond acceptors (Lipinski definition) is 3. The van der Waals surface area contributed by atoms with E-state index in [1.165, 1.54) is 24.3 Å². The van der Waals surface area contributed by atoms with E-state index in [0.717, 1.165) is 0 Å². The fraction of sp³-hybridized carbons (Fsp3) is 0.167. The topological polar surface area (TPSA) is 73.1 Å². The first-order chi connectivity index (χ1) is 10.2. The second-order valence-corrected chi connectivity index (χ2v) is 55.3. The van der Waals surface area contributed by atoms with Crippen molar-refractivity contribution in [1.29, 1.82) is 0 Å². The summed E-state index contributed by atoms with van der Waals surface area (Å²) in [6.45, 7) is 0. The summed E-state index contributed by atoms with van der Waals surface area (Å²) in [5.74, 6) is 0.179. The van der Waals surface area contributed by atoms with Crippen LogP contribution in [0.15, 0.2) is 54.9 Å². The van der Waals surface area contributed by atoms with Gasteiger partial charge in [-0.2, -0.15) is 0 Å². The fourth-order valence-electron chi connectivity index (χ4n) is 1.53. The molecular formula is C12H14Cl5N2O2SSb-2. The number of hydrogen-bond donors (Lipinski definition) is 1. The van der Waals surface area contributed by atoms with E-state index in [0.29, 0.717) is 5.92 Å². The molecule has 2 N–H and O–H groups in total. The third kappa shape index (κ3) is 9.66. The average Bonchev–Trinajstić information content (AvgIpc) is 2.37. The van der Waals surface area contributed by atoms with Crippen molar-refractivity contribution < 1.29 is 8.42 Å². The molecule has 2 rings (SSSR count). The Morgan fingerprint density at radius 2 is 1.48 bits per heavy atom. The summed E-state index contributed by atoms with van der Waals surface area (Å²) in [4.78, 5) is 3.78. The molecule has 0 aliphatic heterocycles. The largest absolute Gasteiger partial charge is 0.265 e. The number of halogens is 5. The maximum atomic E-state index is 10.9. The third-order valence-corrected chi connectivity index (χ3v) is 15.0. The van der Waals surface area contributed by atoms with Crippen LogP contribution in [-0.4, -0.2) is 29.4 Å². The first-order valence-corrected chi connectivity index (χ1v) is 25.4. The molecule has 0 aromatic carbocycles. The summed E-state index contributed by atoms with van der Waals surface area (Å²) in [6, 6.07) is 5.72. The standard InChI is InChI=1S/C7H9NO2S.C5H5N.5ClH.Sb/c8-11(9,10)6-7-4-2-1-3-5-7;1-2-4-6-5-3-1;;;;;;/h1-5H,6H2,(H2,8,9,10);1-5H;5*1H;/q-1;;;;;;;+4/p-5. The first kappa shape index (κ1) is 21.7. The van der Waals surface area contributed by atoms with E-state index in [-0.39, 0.29) is 5.75 Å². The van der Waals surface area contributed by atoms with Crippen LogP contribution in [0.4, 0.5) is 0 Å². The van der Waals surface area contributed by atoms with Crippen LogP contribution in [0.2, 0.25) is 3.86 Å².